The molecule has 0 aliphatic carbocycles. The van der Waals surface area contributed by atoms with Crippen molar-refractivity contribution in [3.8, 4) is 33.5 Å². The number of aryl methyl sites for hydroxylation is 6. The number of hydrogen-bond donors (Lipinski definition) is 0. The van der Waals surface area contributed by atoms with Gasteiger partial charge in [-0.1, -0.05) is 48.0 Å². The molecule has 0 N–H and O–H groups in total. The van der Waals surface area contributed by atoms with Crippen molar-refractivity contribution in [3.63, 3.8) is 0 Å². The molecule has 0 spiro atoms. The third-order valence-electron chi connectivity index (χ3n) is 7.08. The Morgan fingerprint density at radius 1 is 0.649 bits per heavy atom. The lowest BCUT2D eigenvalue weighted by Crippen LogP contribution is -1.95. The Labute approximate surface area is 226 Å². The Morgan fingerprint density at radius 3 is 2.16 bits per heavy atom. The van der Waals surface area contributed by atoms with Crippen molar-refractivity contribution in [1.29, 1.82) is 0 Å². The molecule has 0 amide bonds. The van der Waals surface area contributed by atoms with Gasteiger partial charge >= 0.3 is 0 Å². The van der Waals surface area contributed by atoms with Crippen molar-refractivity contribution >= 4 is 22.1 Å². The highest BCUT2D eigenvalue weighted by Gasteiger charge is 2.17. The van der Waals surface area contributed by atoms with Crippen molar-refractivity contribution in [2.24, 2.45) is 0 Å². The number of benzene rings is 3. The van der Waals surface area contributed by atoms with Gasteiger partial charge in [-0.05, 0) is 110 Å². The summed E-state index contributed by atoms with van der Waals surface area (Å²) in [7, 11) is 0. The van der Waals surface area contributed by atoms with Gasteiger partial charge in [0.25, 0.3) is 0 Å². The first-order chi connectivity index (χ1) is 20.2. The summed E-state index contributed by atoms with van der Waals surface area (Å²) in [5.41, 5.74) is 10.1. The van der Waals surface area contributed by atoms with E-state index in [1.807, 2.05) is 38.1 Å². The van der Waals surface area contributed by atoms with Crippen LogP contribution in [0.2, 0.25) is 0 Å². The summed E-state index contributed by atoms with van der Waals surface area (Å²) < 4.78 is 54.1. The number of nitrogens with zero attached hydrogens (tertiary/aromatic N) is 2. The second kappa shape index (κ2) is 8.70. The van der Waals surface area contributed by atoms with Crippen LogP contribution < -0.4 is 0 Å². The quantitative estimate of drug-likeness (QED) is 0.249. The van der Waals surface area contributed by atoms with Crippen LogP contribution in [-0.2, 0) is 0 Å². The zero-order valence-electron chi connectivity index (χ0n) is 27.2. The Balaban J connectivity index is 1.54. The second-order valence-corrected chi connectivity index (χ2v) is 9.75. The molecule has 0 aliphatic rings. The third kappa shape index (κ3) is 3.92. The maximum Gasteiger partial charge on any atom is 0.227 e. The van der Waals surface area contributed by atoms with Crippen LogP contribution in [-0.4, -0.2) is 9.97 Å². The minimum absolute atomic E-state index is 0.0434. The molecule has 3 heteroatoms. The van der Waals surface area contributed by atoms with Gasteiger partial charge in [0.15, 0.2) is 0 Å². The summed E-state index contributed by atoms with van der Waals surface area (Å²) >= 11 is 0. The molecule has 3 aromatic heterocycles. The average Bonchev–Trinajstić information content (AvgIpc) is 3.31. The Kier molecular flexibility index (Phi) is 4.06. The van der Waals surface area contributed by atoms with Gasteiger partial charge in [0.2, 0.25) is 5.71 Å². The van der Waals surface area contributed by atoms with Crippen LogP contribution in [0, 0.1) is 41.4 Å². The molecule has 0 aliphatic heterocycles. The number of aromatic nitrogens is 2. The first kappa shape index (κ1) is 17.3. The summed E-state index contributed by atoms with van der Waals surface area (Å²) in [6, 6.07) is 21.2. The molecule has 0 saturated heterocycles. The largest absolute Gasteiger partial charge is 0.437 e. The zero-order chi connectivity index (χ0) is 30.8. The molecular formula is C34H30N2O. The molecule has 3 nitrogen and oxygen atoms in total. The lowest BCUT2D eigenvalue weighted by atomic mass is 9.88. The fourth-order valence-corrected chi connectivity index (χ4v) is 5.22. The highest BCUT2D eigenvalue weighted by atomic mass is 16.3. The fraction of sp³-hybridized carbons (Fsp3) is 0.176. The van der Waals surface area contributed by atoms with Crippen LogP contribution in [0.1, 0.15) is 41.7 Å². The average molecular weight is 489 g/mol. The summed E-state index contributed by atoms with van der Waals surface area (Å²) in [6.07, 6.45) is 1.43. The molecule has 0 saturated carbocycles. The number of hydrogen-bond acceptors (Lipinski definition) is 3. The number of furan rings is 1. The van der Waals surface area contributed by atoms with Crippen LogP contribution in [0.15, 0.2) is 77.3 Å². The normalized spacial score (nSPS) is 14.6. The van der Waals surface area contributed by atoms with Gasteiger partial charge in [0.05, 0.1) is 5.69 Å². The lowest BCUT2D eigenvalue weighted by Gasteiger charge is -2.17. The molecule has 0 fully saturated rings. The topological polar surface area (TPSA) is 38.9 Å². The number of para-hydroxylation sites is 1. The molecular weight excluding hydrogens is 452 g/mol. The summed E-state index contributed by atoms with van der Waals surface area (Å²) in [5.74, 6) is 0. The van der Waals surface area contributed by atoms with E-state index in [0.717, 1.165) is 33.2 Å². The first-order valence-corrected chi connectivity index (χ1v) is 12.3. The molecule has 0 bridgehead atoms. The van der Waals surface area contributed by atoms with Gasteiger partial charge in [-0.25, -0.2) is 4.98 Å². The Bertz CT molecular complexity index is 2050. The van der Waals surface area contributed by atoms with Crippen LogP contribution in [0.3, 0.4) is 0 Å². The van der Waals surface area contributed by atoms with E-state index in [4.69, 9.17) is 12.6 Å². The number of pyridine rings is 2. The van der Waals surface area contributed by atoms with E-state index in [2.05, 4.69) is 54.1 Å². The van der Waals surface area contributed by atoms with E-state index in [1.165, 1.54) is 23.4 Å². The second-order valence-electron chi connectivity index (χ2n) is 9.75. The predicted molar refractivity (Wildman–Crippen MR) is 154 cm³/mol. The first-order valence-electron chi connectivity index (χ1n) is 15.3. The molecule has 3 heterocycles. The van der Waals surface area contributed by atoms with Crippen molar-refractivity contribution in [2.75, 3.05) is 0 Å². The smallest absolute Gasteiger partial charge is 0.227 e. The van der Waals surface area contributed by atoms with Crippen LogP contribution in [0.5, 0.6) is 0 Å². The van der Waals surface area contributed by atoms with Crippen molar-refractivity contribution < 1.29 is 12.6 Å². The van der Waals surface area contributed by atoms with Crippen LogP contribution >= 0.6 is 0 Å². The highest BCUT2D eigenvalue weighted by Crippen LogP contribution is 2.38. The van der Waals surface area contributed by atoms with Gasteiger partial charge in [0, 0.05) is 36.5 Å². The molecule has 0 unspecified atom stereocenters. The van der Waals surface area contributed by atoms with Gasteiger partial charge < -0.3 is 4.42 Å². The highest BCUT2D eigenvalue weighted by molar-refractivity contribution is 6.08. The fourth-order valence-electron chi connectivity index (χ4n) is 5.22. The van der Waals surface area contributed by atoms with Crippen molar-refractivity contribution in [1.82, 2.24) is 9.97 Å². The van der Waals surface area contributed by atoms with Crippen LogP contribution in [0.25, 0.3) is 55.6 Å². The Hall–Kier alpha value is -4.24. The van der Waals surface area contributed by atoms with E-state index >= 15 is 0 Å². The molecule has 6 rings (SSSR count). The minimum atomic E-state index is -2.38. The minimum Gasteiger partial charge on any atom is -0.437 e. The van der Waals surface area contributed by atoms with Gasteiger partial charge in [0.1, 0.15) is 5.58 Å². The summed E-state index contributed by atoms with van der Waals surface area (Å²) in [6.45, 7) is 3.48. The monoisotopic (exact) mass is 488 g/mol. The van der Waals surface area contributed by atoms with Crippen molar-refractivity contribution in [2.45, 2.75) is 41.4 Å². The standard InChI is InChI=1S/C34H30N2O/c1-19-10-12-25(20(2)14-19)29-15-22(4)30(16-21(29)3)31-17-32(35-18-23(31)5)28-9-7-8-26-27-13-11-24(6)36-34(27)37-33(26)28/h7-18H,1-6H3/i5D3,6D3. The van der Waals surface area contributed by atoms with Gasteiger partial charge in [-0.2, -0.15) is 0 Å². The number of fused-ring (bicyclic) bond motifs is 3. The van der Waals surface area contributed by atoms with E-state index in [0.29, 0.717) is 27.8 Å². The lowest BCUT2D eigenvalue weighted by molar-refractivity contribution is 0.653. The van der Waals surface area contributed by atoms with Gasteiger partial charge in [-0.15, -0.1) is 0 Å². The summed E-state index contributed by atoms with van der Waals surface area (Å²) in [4.78, 5) is 8.86. The zero-order valence-corrected chi connectivity index (χ0v) is 21.2. The molecule has 182 valence electrons. The maximum atomic E-state index is 8.28. The summed E-state index contributed by atoms with van der Waals surface area (Å²) in [5, 5.41) is 1.46. The molecule has 6 aromatic rings. The maximum absolute atomic E-state index is 8.28. The molecule has 3 aromatic carbocycles. The molecule has 37 heavy (non-hydrogen) atoms. The predicted octanol–water partition coefficient (Wildman–Crippen LogP) is 9.23. The van der Waals surface area contributed by atoms with Crippen LogP contribution in [0.4, 0.5) is 0 Å². The van der Waals surface area contributed by atoms with E-state index < -0.39 is 13.7 Å². The Morgan fingerprint density at radius 2 is 1.41 bits per heavy atom. The third-order valence-corrected chi connectivity index (χ3v) is 7.08. The van der Waals surface area contributed by atoms with Gasteiger partial charge in [-0.3, -0.25) is 4.98 Å². The SMILES string of the molecule is [2H]C([2H])([2H])c1ccc2c(n1)oc1c(-c3cc(-c4cc(C)c(-c5ccc(C)cc5C)cc4C)c(C([2H])([2H])[2H])cn3)cccc12. The van der Waals surface area contributed by atoms with E-state index in [-0.39, 0.29) is 17.0 Å². The number of rotatable bonds is 3. The molecule has 0 radical (unpaired) electrons. The van der Waals surface area contributed by atoms with Crippen molar-refractivity contribution in [3.05, 3.63) is 106 Å². The van der Waals surface area contributed by atoms with E-state index in [1.54, 1.807) is 6.07 Å². The molecule has 0 atom stereocenters. The van der Waals surface area contributed by atoms with E-state index in [9.17, 15) is 0 Å².